The number of rotatable bonds is 11. The fourth-order valence-electron chi connectivity index (χ4n) is 3.89. The number of nitrogens with zero attached hydrogens (tertiary/aromatic N) is 6. The van der Waals surface area contributed by atoms with E-state index < -0.39 is 5.92 Å². The zero-order chi connectivity index (χ0) is 24.6. The number of aromatic nitrogens is 5. The molecule has 0 spiro atoms. The molecule has 0 radical (unpaired) electrons. The van der Waals surface area contributed by atoms with Gasteiger partial charge in [0.25, 0.3) is 0 Å². The normalized spacial score (nSPS) is 16.0. The summed E-state index contributed by atoms with van der Waals surface area (Å²) in [7, 11) is 3.37. The molecule has 35 heavy (non-hydrogen) atoms. The molecule has 0 N–H and O–H groups in total. The number of hydrogen-bond donors (Lipinski definition) is 0. The number of carbonyl (C=O) groups excluding carboxylic acids is 2. The minimum atomic E-state index is -0.433. The van der Waals surface area contributed by atoms with E-state index in [1.54, 1.807) is 29.8 Å². The Morgan fingerprint density at radius 2 is 2.00 bits per heavy atom. The van der Waals surface area contributed by atoms with Gasteiger partial charge >= 0.3 is 0 Å². The number of methoxy groups -OCH3 is 1. The molecule has 10 heteroatoms. The molecule has 10 nitrogen and oxygen atoms in total. The van der Waals surface area contributed by atoms with E-state index in [0.29, 0.717) is 45.8 Å². The third kappa shape index (κ3) is 6.28. The molecular formula is C25H30N6O4. The number of fused-ring (bicyclic) bond motifs is 1. The van der Waals surface area contributed by atoms with Crippen LogP contribution in [0, 0.1) is 5.92 Å². The number of carbonyl (C=O) groups is 2. The minimum Gasteiger partial charge on any atom is -0.382 e. The molecule has 0 saturated heterocycles. The van der Waals surface area contributed by atoms with Crippen molar-refractivity contribution in [2.24, 2.45) is 5.92 Å². The lowest BCUT2D eigenvalue weighted by Gasteiger charge is -2.17. The van der Waals surface area contributed by atoms with Crippen LogP contribution in [0.2, 0.25) is 0 Å². The standard InChI is InChI=1S/C25H30N6O4/c1-29-23-16-21(11-13-35-15-14-34-2)27-31(23)12-10-20(25(29)33)8-9-22(32)24-26-18-30(28-24)17-19-6-4-3-5-7-19/h3-9,16,18,20H,10-15,17H2,1-2H3/b9-8+/t20-/m0/s1. The van der Waals surface area contributed by atoms with Gasteiger partial charge < -0.3 is 9.47 Å². The van der Waals surface area contributed by atoms with Crippen LogP contribution < -0.4 is 4.90 Å². The van der Waals surface area contributed by atoms with Crippen LogP contribution in [0.5, 0.6) is 0 Å². The Morgan fingerprint density at radius 1 is 1.17 bits per heavy atom. The fraction of sp³-hybridized carbons (Fsp3) is 0.400. The SMILES string of the molecule is COCCOCCc1cc2n(n1)CC[C@H](/C=C/C(=O)c1ncn(Cc3ccccc3)n1)C(=O)N2C. The van der Waals surface area contributed by atoms with E-state index in [1.807, 2.05) is 41.1 Å². The molecule has 1 amide bonds. The van der Waals surface area contributed by atoms with Crippen molar-refractivity contribution in [2.45, 2.75) is 25.9 Å². The number of allylic oxidation sites excluding steroid dienone is 1. The number of anilines is 1. The van der Waals surface area contributed by atoms with Crippen LogP contribution >= 0.6 is 0 Å². The zero-order valence-electron chi connectivity index (χ0n) is 20.0. The third-order valence-corrected chi connectivity index (χ3v) is 5.81. The van der Waals surface area contributed by atoms with Crippen LogP contribution in [0.15, 0.2) is 54.9 Å². The maximum absolute atomic E-state index is 13.1. The first-order valence-corrected chi connectivity index (χ1v) is 11.6. The number of hydrogen-bond acceptors (Lipinski definition) is 7. The van der Waals surface area contributed by atoms with Gasteiger partial charge in [-0.15, -0.1) is 5.10 Å². The Morgan fingerprint density at radius 3 is 2.80 bits per heavy atom. The minimum absolute atomic E-state index is 0.0850. The van der Waals surface area contributed by atoms with Gasteiger partial charge in [-0.3, -0.25) is 14.5 Å². The van der Waals surface area contributed by atoms with Crippen LogP contribution in [-0.4, -0.2) is 70.2 Å². The molecule has 0 aliphatic carbocycles. The van der Waals surface area contributed by atoms with Crippen molar-refractivity contribution in [2.75, 3.05) is 38.9 Å². The summed E-state index contributed by atoms with van der Waals surface area (Å²) in [5.74, 6) is 0.00313. The lowest BCUT2D eigenvalue weighted by atomic mass is 10.0. The third-order valence-electron chi connectivity index (χ3n) is 5.81. The van der Waals surface area contributed by atoms with E-state index in [0.717, 1.165) is 17.1 Å². The van der Waals surface area contributed by atoms with Crippen molar-refractivity contribution in [1.29, 1.82) is 0 Å². The summed E-state index contributed by atoms with van der Waals surface area (Å²) in [5, 5.41) is 8.90. The van der Waals surface area contributed by atoms with Crippen molar-refractivity contribution in [1.82, 2.24) is 24.5 Å². The Bertz CT molecular complexity index is 1170. The van der Waals surface area contributed by atoms with E-state index in [1.165, 1.54) is 12.4 Å². The highest BCUT2D eigenvalue weighted by Gasteiger charge is 2.28. The molecule has 0 fully saturated rings. The number of amides is 1. The predicted molar refractivity (Wildman–Crippen MR) is 129 cm³/mol. The molecule has 1 atom stereocenters. The summed E-state index contributed by atoms with van der Waals surface area (Å²) in [6.07, 6.45) is 5.79. The van der Waals surface area contributed by atoms with Gasteiger partial charge in [0, 0.05) is 33.2 Å². The molecule has 4 rings (SSSR count). The lowest BCUT2D eigenvalue weighted by molar-refractivity contribution is -0.120. The Hall–Kier alpha value is -3.63. The van der Waals surface area contributed by atoms with Crippen molar-refractivity contribution < 1.29 is 19.1 Å². The Labute approximate surface area is 204 Å². The number of aryl methyl sites for hydroxylation is 1. The monoisotopic (exact) mass is 478 g/mol. The largest absolute Gasteiger partial charge is 0.382 e. The molecule has 1 aliphatic heterocycles. The average Bonchev–Trinajstić information content (AvgIpc) is 3.48. The number of benzene rings is 1. The summed E-state index contributed by atoms with van der Waals surface area (Å²) in [6.45, 7) is 2.74. The first-order chi connectivity index (χ1) is 17.0. The summed E-state index contributed by atoms with van der Waals surface area (Å²) in [5.41, 5.74) is 1.94. The molecule has 0 saturated carbocycles. The average molecular weight is 479 g/mol. The van der Waals surface area contributed by atoms with Gasteiger partial charge in [-0.25, -0.2) is 14.3 Å². The highest BCUT2D eigenvalue weighted by Crippen LogP contribution is 2.25. The fourth-order valence-corrected chi connectivity index (χ4v) is 3.89. The Kier molecular flexibility index (Phi) is 8.17. The first kappa shape index (κ1) is 24.5. The molecule has 3 heterocycles. The van der Waals surface area contributed by atoms with Gasteiger partial charge in [-0.1, -0.05) is 36.4 Å². The lowest BCUT2D eigenvalue weighted by Crippen LogP contribution is -2.31. The van der Waals surface area contributed by atoms with Crippen LogP contribution in [0.3, 0.4) is 0 Å². The highest BCUT2D eigenvalue weighted by atomic mass is 16.5. The molecule has 3 aromatic rings. The summed E-state index contributed by atoms with van der Waals surface area (Å²) in [4.78, 5) is 31.4. The topological polar surface area (TPSA) is 104 Å². The van der Waals surface area contributed by atoms with E-state index in [9.17, 15) is 9.59 Å². The van der Waals surface area contributed by atoms with Crippen molar-refractivity contribution in [3.05, 3.63) is 72.0 Å². The second kappa shape index (κ2) is 11.7. The van der Waals surface area contributed by atoms with Gasteiger partial charge in [-0.05, 0) is 18.1 Å². The predicted octanol–water partition coefficient (Wildman–Crippen LogP) is 2.15. The Balaban J connectivity index is 1.34. The van der Waals surface area contributed by atoms with Gasteiger partial charge in [0.1, 0.15) is 12.1 Å². The molecule has 1 aliphatic rings. The quantitative estimate of drug-likeness (QED) is 0.236. The van der Waals surface area contributed by atoms with Crippen LogP contribution in [0.4, 0.5) is 5.82 Å². The summed E-state index contributed by atoms with van der Waals surface area (Å²) in [6, 6.07) is 11.7. The second-order valence-electron chi connectivity index (χ2n) is 8.34. The van der Waals surface area contributed by atoms with Crippen molar-refractivity contribution >= 4 is 17.5 Å². The summed E-state index contributed by atoms with van der Waals surface area (Å²) < 4.78 is 13.9. The van der Waals surface area contributed by atoms with Crippen LogP contribution in [0.1, 0.15) is 28.3 Å². The first-order valence-electron chi connectivity index (χ1n) is 11.6. The van der Waals surface area contributed by atoms with Crippen molar-refractivity contribution in [3.63, 3.8) is 0 Å². The van der Waals surface area contributed by atoms with Gasteiger partial charge in [0.15, 0.2) is 0 Å². The van der Waals surface area contributed by atoms with Crippen molar-refractivity contribution in [3.8, 4) is 0 Å². The zero-order valence-corrected chi connectivity index (χ0v) is 20.0. The number of ether oxygens (including phenoxy) is 2. The summed E-state index contributed by atoms with van der Waals surface area (Å²) >= 11 is 0. The van der Waals surface area contributed by atoms with Gasteiger partial charge in [-0.2, -0.15) is 5.10 Å². The smallest absolute Gasteiger partial charge is 0.234 e. The molecule has 0 bridgehead atoms. The second-order valence-corrected chi connectivity index (χ2v) is 8.34. The maximum atomic E-state index is 13.1. The molecule has 1 aromatic carbocycles. The van der Waals surface area contributed by atoms with E-state index in [4.69, 9.17) is 9.47 Å². The molecule has 2 aromatic heterocycles. The van der Waals surface area contributed by atoms with Crippen LogP contribution in [0.25, 0.3) is 0 Å². The van der Waals surface area contributed by atoms with Gasteiger partial charge in [0.05, 0.1) is 38.0 Å². The maximum Gasteiger partial charge on any atom is 0.234 e. The van der Waals surface area contributed by atoms with E-state index in [2.05, 4.69) is 15.2 Å². The molecule has 184 valence electrons. The van der Waals surface area contributed by atoms with Crippen LogP contribution in [-0.2, 0) is 33.8 Å². The highest BCUT2D eigenvalue weighted by molar-refractivity contribution is 6.02. The van der Waals surface area contributed by atoms with E-state index >= 15 is 0 Å². The molecule has 0 unspecified atom stereocenters. The van der Waals surface area contributed by atoms with Gasteiger partial charge in [0.2, 0.25) is 17.5 Å². The molecular weight excluding hydrogens is 448 g/mol. The van der Waals surface area contributed by atoms with E-state index in [-0.39, 0.29) is 17.5 Å². The number of ketones is 1.